The molecule has 1 aromatic carbocycles. The molecule has 0 aliphatic carbocycles. The first-order valence-corrected chi connectivity index (χ1v) is 6.74. The highest BCUT2D eigenvalue weighted by Crippen LogP contribution is 2.36. The van der Waals surface area contributed by atoms with Gasteiger partial charge < -0.3 is 9.88 Å². The van der Waals surface area contributed by atoms with E-state index in [4.69, 9.17) is 0 Å². The zero-order chi connectivity index (χ0) is 14.9. The van der Waals surface area contributed by atoms with Crippen LogP contribution in [0, 0.1) is 0 Å². The first-order chi connectivity index (χ1) is 9.38. The Kier molecular flexibility index (Phi) is 4.09. The second kappa shape index (κ2) is 5.48. The molecule has 1 N–H and O–H groups in total. The van der Waals surface area contributed by atoms with E-state index in [2.05, 4.69) is 5.32 Å². The number of nitrogens with zero attached hydrogens (tertiary/aromatic N) is 1. The Morgan fingerprint density at radius 3 is 2.55 bits per heavy atom. The quantitative estimate of drug-likeness (QED) is 0.903. The summed E-state index contributed by atoms with van der Waals surface area (Å²) in [7, 11) is 1.85. The van der Waals surface area contributed by atoms with Gasteiger partial charge in [0.05, 0.1) is 5.56 Å². The molecule has 1 aromatic heterocycles. The van der Waals surface area contributed by atoms with Gasteiger partial charge in [-0.15, -0.1) is 0 Å². The van der Waals surface area contributed by atoms with Crippen LogP contribution in [0.4, 0.5) is 13.2 Å². The third-order valence-electron chi connectivity index (χ3n) is 3.66. The number of fused-ring (bicyclic) bond motifs is 1. The fourth-order valence-electron chi connectivity index (χ4n) is 2.54. The lowest BCUT2D eigenvalue weighted by atomic mass is 10.1. The topological polar surface area (TPSA) is 17.0 Å². The number of alkyl halides is 3. The molecule has 0 amide bonds. The summed E-state index contributed by atoms with van der Waals surface area (Å²) < 4.78 is 41.2. The molecule has 0 saturated heterocycles. The summed E-state index contributed by atoms with van der Waals surface area (Å²) >= 11 is 0. The summed E-state index contributed by atoms with van der Waals surface area (Å²) in [5.41, 5.74) is 1.03. The number of aryl methyl sites for hydroxylation is 1. The van der Waals surface area contributed by atoms with Gasteiger partial charge in [-0.1, -0.05) is 6.07 Å². The lowest BCUT2D eigenvalue weighted by Gasteiger charge is -2.13. The van der Waals surface area contributed by atoms with Gasteiger partial charge in [-0.05, 0) is 39.1 Å². The third kappa shape index (κ3) is 2.68. The molecular weight excluding hydrogens is 265 g/mol. The van der Waals surface area contributed by atoms with Gasteiger partial charge in [0.1, 0.15) is 0 Å². The Balaban J connectivity index is 2.61. The minimum absolute atomic E-state index is 0.221. The average molecular weight is 284 g/mol. The van der Waals surface area contributed by atoms with E-state index in [1.54, 1.807) is 12.1 Å². The molecule has 1 unspecified atom stereocenters. The van der Waals surface area contributed by atoms with Crippen molar-refractivity contribution < 1.29 is 13.2 Å². The Labute approximate surface area is 116 Å². The van der Waals surface area contributed by atoms with Crippen LogP contribution in [0.15, 0.2) is 24.3 Å². The molecule has 0 saturated carbocycles. The molecule has 1 atom stereocenters. The van der Waals surface area contributed by atoms with Gasteiger partial charge in [-0.3, -0.25) is 0 Å². The van der Waals surface area contributed by atoms with E-state index < -0.39 is 11.7 Å². The minimum Gasteiger partial charge on any atom is -0.345 e. The molecule has 0 aliphatic heterocycles. The molecule has 110 valence electrons. The number of nitrogens with one attached hydrogen (secondary N) is 1. The first-order valence-electron chi connectivity index (χ1n) is 6.74. The first kappa shape index (κ1) is 14.9. The van der Waals surface area contributed by atoms with Gasteiger partial charge in [-0.25, -0.2) is 0 Å². The fourth-order valence-corrected chi connectivity index (χ4v) is 2.54. The zero-order valence-electron chi connectivity index (χ0n) is 11.9. The van der Waals surface area contributed by atoms with Crippen molar-refractivity contribution in [1.82, 2.24) is 9.88 Å². The number of likely N-dealkylation sites (N-methyl/N-ethyl adjacent to an activating group) is 1. The molecule has 0 aliphatic rings. The molecule has 2 rings (SSSR count). The van der Waals surface area contributed by atoms with Crippen molar-refractivity contribution >= 4 is 10.9 Å². The lowest BCUT2D eigenvalue weighted by Crippen LogP contribution is -2.24. The number of benzene rings is 1. The number of halogens is 3. The molecule has 5 heteroatoms. The Morgan fingerprint density at radius 2 is 2.00 bits per heavy atom. The average Bonchev–Trinajstić information content (AvgIpc) is 2.73. The Morgan fingerprint density at radius 1 is 1.30 bits per heavy atom. The fraction of sp³-hybridized carbons (Fsp3) is 0.467. The normalized spacial score (nSPS) is 13.9. The van der Waals surface area contributed by atoms with Crippen LogP contribution in [-0.2, 0) is 19.1 Å². The Bertz CT molecular complexity index is 599. The molecular formula is C15H19F3N2. The monoisotopic (exact) mass is 284 g/mol. The van der Waals surface area contributed by atoms with Crippen LogP contribution in [0.1, 0.15) is 25.1 Å². The standard InChI is InChI=1S/C15H19F3N2/c1-4-20-11(8-10(2)19-3)9-12-13(15(16,17)18)6-5-7-14(12)20/h5-7,9-10,19H,4,8H2,1-3H3. The minimum atomic E-state index is -4.31. The smallest absolute Gasteiger partial charge is 0.345 e. The zero-order valence-corrected chi connectivity index (χ0v) is 11.9. The van der Waals surface area contributed by atoms with Crippen LogP contribution in [0.2, 0.25) is 0 Å². The van der Waals surface area contributed by atoms with Crippen LogP contribution < -0.4 is 5.32 Å². The molecule has 20 heavy (non-hydrogen) atoms. The van der Waals surface area contributed by atoms with Gasteiger partial charge in [0.15, 0.2) is 0 Å². The van der Waals surface area contributed by atoms with Crippen LogP contribution >= 0.6 is 0 Å². The van der Waals surface area contributed by atoms with E-state index in [1.807, 2.05) is 25.5 Å². The molecule has 0 fully saturated rings. The third-order valence-corrected chi connectivity index (χ3v) is 3.66. The molecule has 2 nitrogen and oxygen atoms in total. The molecule has 0 radical (unpaired) electrons. The highest BCUT2D eigenvalue weighted by molar-refractivity contribution is 5.85. The number of rotatable bonds is 4. The van der Waals surface area contributed by atoms with E-state index in [0.29, 0.717) is 23.9 Å². The van der Waals surface area contributed by atoms with Crippen molar-refractivity contribution in [2.45, 2.75) is 39.0 Å². The number of hydrogen-bond donors (Lipinski definition) is 1. The van der Waals surface area contributed by atoms with Gasteiger partial charge in [-0.2, -0.15) is 13.2 Å². The van der Waals surface area contributed by atoms with Crippen LogP contribution in [0.5, 0.6) is 0 Å². The Hall–Kier alpha value is -1.49. The second-order valence-electron chi connectivity index (χ2n) is 5.01. The van der Waals surface area contributed by atoms with Crippen molar-refractivity contribution in [3.8, 4) is 0 Å². The van der Waals surface area contributed by atoms with Crippen LogP contribution in [0.25, 0.3) is 10.9 Å². The van der Waals surface area contributed by atoms with Crippen LogP contribution in [0.3, 0.4) is 0 Å². The predicted molar refractivity (Wildman–Crippen MR) is 74.8 cm³/mol. The van der Waals surface area contributed by atoms with Crippen molar-refractivity contribution in [3.05, 3.63) is 35.5 Å². The maximum atomic E-state index is 13.1. The predicted octanol–water partition coefficient (Wildman–Crippen LogP) is 3.83. The summed E-state index contributed by atoms with van der Waals surface area (Å²) in [4.78, 5) is 0. The summed E-state index contributed by atoms with van der Waals surface area (Å²) in [6, 6.07) is 6.27. The SMILES string of the molecule is CCn1c(CC(C)NC)cc2c(C(F)(F)F)cccc21. The van der Waals surface area contributed by atoms with Gasteiger partial charge in [0, 0.05) is 35.6 Å². The van der Waals surface area contributed by atoms with E-state index in [9.17, 15) is 13.2 Å². The molecule has 1 heterocycles. The van der Waals surface area contributed by atoms with Crippen LogP contribution in [-0.4, -0.2) is 17.7 Å². The lowest BCUT2D eigenvalue weighted by molar-refractivity contribution is -0.136. The number of aromatic nitrogens is 1. The van der Waals surface area contributed by atoms with Crippen molar-refractivity contribution in [2.75, 3.05) is 7.05 Å². The summed E-state index contributed by atoms with van der Waals surface area (Å²) in [6.45, 7) is 4.63. The summed E-state index contributed by atoms with van der Waals surface area (Å²) in [5, 5.41) is 3.41. The van der Waals surface area contributed by atoms with Gasteiger partial charge >= 0.3 is 6.18 Å². The van der Waals surface area contributed by atoms with Gasteiger partial charge in [0.2, 0.25) is 0 Å². The van der Waals surface area contributed by atoms with E-state index in [1.165, 1.54) is 6.07 Å². The maximum Gasteiger partial charge on any atom is 0.417 e. The largest absolute Gasteiger partial charge is 0.417 e. The van der Waals surface area contributed by atoms with Crippen molar-refractivity contribution in [3.63, 3.8) is 0 Å². The summed E-state index contributed by atoms with van der Waals surface area (Å²) in [5.74, 6) is 0. The maximum absolute atomic E-state index is 13.1. The second-order valence-corrected chi connectivity index (χ2v) is 5.01. The highest BCUT2D eigenvalue weighted by Gasteiger charge is 2.33. The molecule has 0 spiro atoms. The summed E-state index contributed by atoms with van der Waals surface area (Å²) in [6.07, 6.45) is -3.61. The van der Waals surface area contributed by atoms with Crippen molar-refractivity contribution in [2.24, 2.45) is 0 Å². The molecule has 0 bridgehead atoms. The van der Waals surface area contributed by atoms with E-state index in [-0.39, 0.29) is 6.04 Å². The van der Waals surface area contributed by atoms with E-state index >= 15 is 0 Å². The van der Waals surface area contributed by atoms with Crippen molar-refractivity contribution in [1.29, 1.82) is 0 Å². The van der Waals surface area contributed by atoms with E-state index in [0.717, 1.165) is 11.8 Å². The van der Waals surface area contributed by atoms with Gasteiger partial charge in [0.25, 0.3) is 0 Å². The molecule has 2 aromatic rings. The number of hydrogen-bond acceptors (Lipinski definition) is 1. The highest BCUT2D eigenvalue weighted by atomic mass is 19.4.